The third kappa shape index (κ3) is 6.77. The minimum atomic E-state index is -0.129. The summed E-state index contributed by atoms with van der Waals surface area (Å²) in [5, 5.41) is 21.1. The van der Waals surface area contributed by atoms with E-state index in [4.69, 9.17) is 0 Å². The van der Waals surface area contributed by atoms with Gasteiger partial charge in [0.1, 0.15) is 5.75 Å². The van der Waals surface area contributed by atoms with Crippen molar-refractivity contribution in [3.8, 4) is 5.75 Å². The predicted molar refractivity (Wildman–Crippen MR) is 156 cm³/mol. The summed E-state index contributed by atoms with van der Waals surface area (Å²) in [4.78, 5) is 14.1. The van der Waals surface area contributed by atoms with Crippen molar-refractivity contribution in [2.75, 3.05) is 13.6 Å². The number of amides is 1. The number of nitrogens with zero attached hydrogens (tertiary/aromatic N) is 1. The molecule has 214 valence electrons. The molecule has 6 atom stereocenters. The maximum absolute atomic E-state index is 12.2. The molecule has 0 aliphatic heterocycles. The number of phenols is 1. The number of unbranched alkanes of at least 4 members (excludes halogenated alkanes) is 8. The number of rotatable bonds is 14. The van der Waals surface area contributed by atoms with Crippen LogP contribution >= 0.6 is 0 Å². The molecule has 2 saturated carbocycles. The van der Waals surface area contributed by atoms with E-state index in [1.165, 1.54) is 75.3 Å². The van der Waals surface area contributed by atoms with Crippen molar-refractivity contribution in [2.45, 2.75) is 135 Å². The van der Waals surface area contributed by atoms with Crippen LogP contribution in [-0.4, -0.2) is 40.7 Å². The average Bonchev–Trinajstić information content (AvgIpc) is 3.21. The van der Waals surface area contributed by atoms with Crippen LogP contribution < -0.4 is 0 Å². The number of carbonyl (C=O) groups excluding carboxylic acids is 1. The van der Waals surface area contributed by atoms with Crippen molar-refractivity contribution >= 4 is 5.91 Å². The normalized spacial score (nSPS) is 29.9. The first-order valence-corrected chi connectivity index (χ1v) is 16.1. The van der Waals surface area contributed by atoms with Crippen LogP contribution in [0.2, 0.25) is 0 Å². The van der Waals surface area contributed by atoms with E-state index in [2.05, 4.69) is 19.9 Å². The molecular formula is C34H55NO3. The number of benzene rings is 1. The highest BCUT2D eigenvalue weighted by Crippen LogP contribution is 2.62. The van der Waals surface area contributed by atoms with Gasteiger partial charge in [0.05, 0.1) is 6.10 Å². The van der Waals surface area contributed by atoms with Gasteiger partial charge in [-0.3, -0.25) is 4.79 Å². The van der Waals surface area contributed by atoms with Crippen molar-refractivity contribution in [3.63, 3.8) is 0 Å². The molecule has 1 aromatic rings. The van der Waals surface area contributed by atoms with Gasteiger partial charge in [-0.2, -0.15) is 0 Å². The van der Waals surface area contributed by atoms with Crippen molar-refractivity contribution in [3.05, 3.63) is 29.3 Å². The molecule has 4 heteroatoms. The highest BCUT2D eigenvalue weighted by atomic mass is 16.3. The van der Waals surface area contributed by atoms with Gasteiger partial charge >= 0.3 is 0 Å². The SMILES string of the molecule is CCCCN(C)C(=O)CCCCCCCCCC[C@@H]1Cc2cc(O)ccc2C2CC[C@]3(C)C(O)CCC3C21. The van der Waals surface area contributed by atoms with E-state index in [9.17, 15) is 15.0 Å². The first-order chi connectivity index (χ1) is 18.3. The Morgan fingerprint density at radius 3 is 2.45 bits per heavy atom. The summed E-state index contributed by atoms with van der Waals surface area (Å²) in [5.41, 5.74) is 2.97. The van der Waals surface area contributed by atoms with E-state index in [1.54, 1.807) is 0 Å². The average molecular weight is 526 g/mol. The molecule has 1 aromatic carbocycles. The van der Waals surface area contributed by atoms with Crippen LogP contribution in [-0.2, 0) is 11.2 Å². The number of hydrogen-bond acceptors (Lipinski definition) is 3. The fourth-order valence-corrected chi connectivity index (χ4v) is 8.49. The van der Waals surface area contributed by atoms with Crippen molar-refractivity contribution in [2.24, 2.45) is 23.2 Å². The van der Waals surface area contributed by atoms with Gasteiger partial charge in [-0.15, -0.1) is 0 Å². The molecule has 3 aliphatic rings. The molecule has 0 bridgehead atoms. The third-order valence-corrected chi connectivity index (χ3v) is 10.8. The zero-order valence-electron chi connectivity index (χ0n) is 24.6. The third-order valence-electron chi connectivity index (χ3n) is 10.8. The highest BCUT2D eigenvalue weighted by Gasteiger charge is 2.56. The summed E-state index contributed by atoms with van der Waals surface area (Å²) in [6.45, 7) is 5.44. The Morgan fingerprint density at radius 2 is 1.71 bits per heavy atom. The number of aliphatic hydroxyl groups excluding tert-OH is 1. The minimum Gasteiger partial charge on any atom is -0.508 e. The van der Waals surface area contributed by atoms with Gasteiger partial charge in [0.25, 0.3) is 0 Å². The lowest BCUT2D eigenvalue weighted by Gasteiger charge is -2.53. The van der Waals surface area contributed by atoms with E-state index in [0.29, 0.717) is 41.7 Å². The van der Waals surface area contributed by atoms with Gasteiger partial charge in [-0.25, -0.2) is 0 Å². The van der Waals surface area contributed by atoms with Crippen molar-refractivity contribution < 1.29 is 15.0 Å². The molecule has 4 rings (SSSR count). The molecule has 0 spiro atoms. The molecule has 0 saturated heterocycles. The molecule has 3 aliphatic carbocycles. The second kappa shape index (κ2) is 13.7. The summed E-state index contributed by atoms with van der Waals surface area (Å²) < 4.78 is 0. The summed E-state index contributed by atoms with van der Waals surface area (Å²) >= 11 is 0. The molecule has 2 fully saturated rings. The number of phenolic OH excluding ortho intramolecular Hbond substituents is 1. The lowest BCUT2D eigenvalue weighted by molar-refractivity contribution is -0.130. The summed E-state index contributed by atoms with van der Waals surface area (Å²) in [5.74, 6) is 3.33. The van der Waals surface area contributed by atoms with Gasteiger partial charge in [0.15, 0.2) is 0 Å². The number of hydrogen-bond donors (Lipinski definition) is 2. The molecule has 4 unspecified atom stereocenters. The summed E-state index contributed by atoms with van der Waals surface area (Å²) in [7, 11) is 1.94. The smallest absolute Gasteiger partial charge is 0.222 e. The summed E-state index contributed by atoms with van der Waals surface area (Å²) in [6.07, 6.45) is 19.7. The Kier molecular flexibility index (Phi) is 10.6. The van der Waals surface area contributed by atoms with Gasteiger partial charge in [0, 0.05) is 20.0 Å². The molecule has 0 aromatic heterocycles. The lowest BCUT2D eigenvalue weighted by Crippen LogP contribution is -2.47. The largest absolute Gasteiger partial charge is 0.508 e. The molecule has 0 radical (unpaired) electrons. The van der Waals surface area contributed by atoms with Gasteiger partial charge in [-0.1, -0.05) is 71.3 Å². The van der Waals surface area contributed by atoms with Crippen LogP contribution in [0.25, 0.3) is 0 Å². The first kappa shape index (κ1) is 29.4. The zero-order valence-corrected chi connectivity index (χ0v) is 24.6. The van der Waals surface area contributed by atoms with Crippen LogP contribution in [0.5, 0.6) is 5.75 Å². The zero-order chi connectivity index (χ0) is 27.1. The molecule has 4 nitrogen and oxygen atoms in total. The van der Waals surface area contributed by atoms with Crippen LogP contribution in [0.15, 0.2) is 18.2 Å². The fraction of sp³-hybridized carbons (Fsp3) is 0.794. The monoisotopic (exact) mass is 525 g/mol. The van der Waals surface area contributed by atoms with E-state index in [1.807, 2.05) is 24.1 Å². The molecule has 1 amide bonds. The topological polar surface area (TPSA) is 60.8 Å². The molecular weight excluding hydrogens is 470 g/mol. The minimum absolute atomic E-state index is 0.101. The first-order valence-electron chi connectivity index (χ1n) is 16.1. The Bertz CT molecular complexity index is 900. The van der Waals surface area contributed by atoms with Gasteiger partial charge in [0.2, 0.25) is 5.91 Å². The van der Waals surface area contributed by atoms with Crippen LogP contribution in [0.1, 0.15) is 134 Å². The van der Waals surface area contributed by atoms with Crippen LogP contribution in [0.4, 0.5) is 0 Å². The maximum atomic E-state index is 12.2. The van der Waals surface area contributed by atoms with Crippen LogP contribution in [0, 0.1) is 23.2 Å². The quantitative estimate of drug-likeness (QED) is 0.242. The Labute approximate surface area is 232 Å². The lowest BCUT2D eigenvalue weighted by atomic mass is 9.52. The Balaban J connectivity index is 1.19. The van der Waals surface area contributed by atoms with E-state index < -0.39 is 0 Å². The Hall–Kier alpha value is -1.55. The number of fused-ring (bicyclic) bond motifs is 5. The summed E-state index contributed by atoms with van der Waals surface area (Å²) in [6, 6.07) is 6.12. The Morgan fingerprint density at radius 1 is 1.00 bits per heavy atom. The molecule has 38 heavy (non-hydrogen) atoms. The second-order valence-electron chi connectivity index (χ2n) is 13.3. The molecule has 0 heterocycles. The van der Waals surface area contributed by atoms with Crippen molar-refractivity contribution in [1.82, 2.24) is 4.90 Å². The van der Waals surface area contributed by atoms with E-state index >= 15 is 0 Å². The van der Waals surface area contributed by atoms with E-state index in [0.717, 1.165) is 45.1 Å². The van der Waals surface area contributed by atoms with Crippen molar-refractivity contribution in [1.29, 1.82) is 0 Å². The number of aromatic hydroxyl groups is 1. The van der Waals surface area contributed by atoms with Crippen LogP contribution in [0.3, 0.4) is 0 Å². The maximum Gasteiger partial charge on any atom is 0.222 e. The standard InChI is InChI=1S/C34H55NO3/c1-4-5-22-35(3)32(38)15-13-11-9-7-6-8-10-12-14-25-23-26-24-27(36)16-17-28(26)29-20-21-34(2)30(33(25)29)18-19-31(34)37/h16-17,24-25,29-31,33,36-37H,4-15,18-23H2,1-3H3/t25-,29?,30?,31?,33?,34+/m1/s1. The van der Waals surface area contributed by atoms with Gasteiger partial charge in [-0.05, 0) is 104 Å². The number of aliphatic hydroxyl groups is 1. The highest BCUT2D eigenvalue weighted by molar-refractivity contribution is 5.75. The fourth-order valence-electron chi connectivity index (χ4n) is 8.49. The predicted octanol–water partition coefficient (Wildman–Crippen LogP) is 7.99. The number of carbonyl (C=O) groups is 1. The second-order valence-corrected chi connectivity index (χ2v) is 13.3. The van der Waals surface area contributed by atoms with Gasteiger partial charge < -0.3 is 15.1 Å². The van der Waals surface area contributed by atoms with E-state index in [-0.39, 0.29) is 11.5 Å². The molecule has 2 N–H and O–H groups in total.